The molecule has 210 valence electrons. The summed E-state index contributed by atoms with van der Waals surface area (Å²) in [6.07, 6.45) is 2.58. The average Bonchev–Trinajstić information content (AvgIpc) is 3.73. The van der Waals surface area contributed by atoms with E-state index in [4.69, 9.17) is 4.74 Å². The van der Waals surface area contributed by atoms with Gasteiger partial charge in [0.1, 0.15) is 10.0 Å². The molecule has 0 aliphatic carbocycles. The summed E-state index contributed by atoms with van der Waals surface area (Å²) in [5.41, 5.74) is 4.74. The summed E-state index contributed by atoms with van der Waals surface area (Å²) in [5, 5.41) is 37.1. The normalized spacial score (nSPS) is 13.8. The third kappa shape index (κ3) is 7.70. The molecule has 4 aromatic rings. The number of hydrogen-bond donors (Lipinski definition) is 0. The highest BCUT2D eigenvalue weighted by atomic mass is 32.1. The zero-order valence-corrected chi connectivity index (χ0v) is 24.7. The summed E-state index contributed by atoms with van der Waals surface area (Å²) in [6, 6.07) is 15.4. The van der Waals surface area contributed by atoms with E-state index in [0.29, 0.717) is 28.1 Å². The van der Waals surface area contributed by atoms with E-state index < -0.39 is 0 Å². The van der Waals surface area contributed by atoms with Crippen molar-refractivity contribution >= 4 is 66.5 Å². The molecule has 0 N–H and O–H groups in total. The molecular formula is C28H29N9O2S2. The SMILES string of the molecule is CCOC(=O)Cc1nnc(N=Nc2ccc(N=Nc3ccc(N=Nc4ccc(N5CCCC5)s4)cc3C)cc2C)s1. The van der Waals surface area contributed by atoms with Crippen LogP contribution < -0.4 is 4.90 Å². The third-order valence-electron chi connectivity index (χ3n) is 6.19. The van der Waals surface area contributed by atoms with Crippen LogP contribution in [0.5, 0.6) is 0 Å². The number of hydrogen-bond acceptors (Lipinski definition) is 13. The molecular weight excluding hydrogens is 559 g/mol. The number of benzene rings is 2. The number of azo groups is 3. The van der Waals surface area contributed by atoms with Crippen LogP contribution in [0.3, 0.4) is 0 Å². The standard InChI is InChI=1S/C28H29N9O2S2/c1-4-39-27(38)17-25-34-36-28(41-25)35-32-23-10-7-20(15-19(23)3)29-31-22-9-8-21(16-18(22)2)30-33-24-11-12-26(40-24)37-13-5-6-14-37/h7-12,15-16H,4-6,13-14,17H2,1-3H3. The number of nitrogens with zero attached hydrogens (tertiary/aromatic N) is 9. The lowest BCUT2D eigenvalue weighted by atomic mass is 10.2. The molecule has 13 heteroatoms. The molecule has 0 saturated carbocycles. The molecule has 3 heterocycles. The van der Waals surface area contributed by atoms with Crippen LogP contribution >= 0.6 is 22.7 Å². The summed E-state index contributed by atoms with van der Waals surface area (Å²) < 4.78 is 4.93. The van der Waals surface area contributed by atoms with Crippen LogP contribution in [0.15, 0.2) is 79.2 Å². The Hall–Kier alpha value is -4.23. The fraction of sp³-hybridized carbons (Fsp3) is 0.321. The van der Waals surface area contributed by atoms with Gasteiger partial charge in [-0.25, -0.2) is 0 Å². The van der Waals surface area contributed by atoms with Gasteiger partial charge in [-0.2, -0.15) is 10.2 Å². The van der Waals surface area contributed by atoms with E-state index in [0.717, 1.165) is 40.6 Å². The second-order valence-electron chi connectivity index (χ2n) is 9.31. The van der Waals surface area contributed by atoms with E-state index in [1.807, 2.05) is 56.3 Å². The van der Waals surface area contributed by atoms with Crippen LogP contribution in [0.2, 0.25) is 0 Å². The summed E-state index contributed by atoms with van der Waals surface area (Å²) in [5.74, 6) is -0.343. The van der Waals surface area contributed by atoms with E-state index in [-0.39, 0.29) is 12.4 Å². The van der Waals surface area contributed by atoms with Crippen molar-refractivity contribution in [2.75, 3.05) is 24.6 Å². The number of esters is 1. The number of anilines is 1. The number of aromatic nitrogens is 2. The summed E-state index contributed by atoms with van der Waals surface area (Å²) in [6.45, 7) is 8.22. The van der Waals surface area contributed by atoms with Crippen LogP contribution in [0.4, 0.5) is 37.9 Å². The second kappa shape index (κ2) is 13.4. The highest BCUT2D eigenvalue weighted by Crippen LogP contribution is 2.35. The maximum Gasteiger partial charge on any atom is 0.312 e. The van der Waals surface area contributed by atoms with Gasteiger partial charge in [0, 0.05) is 13.1 Å². The topological polar surface area (TPSA) is 129 Å². The molecule has 1 fully saturated rings. The van der Waals surface area contributed by atoms with Gasteiger partial charge in [0.05, 0.1) is 40.8 Å². The number of rotatable bonds is 10. The first kappa shape index (κ1) is 28.3. The largest absolute Gasteiger partial charge is 0.466 e. The predicted octanol–water partition coefficient (Wildman–Crippen LogP) is 9.17. The van der Waals surface area contributed by atoms with Gasteiger partial charge in [-0.15, -0.1) is 30.7 Å². The Balaban J connectivity index is 1.19. The molecule has 0 amide bonds. The van der Waals surface area contributed by atoms with Crippen molar-refractivity contribution in [3.8, 4) is 0 Å². The molecule has 1 saturated heterocycles. The highest BCUT2D eigenvalue weighted by Gasteiger charge is 2.14. The first-order valence-electron chi connectivity index (χ1n) is 13.3. The zero-order valence-electron chi connectivity index (χ0n) is 23.0. The van der Waals surface area contributed by atoms with Crippen LogP contribution in [0, 0.1) is 13.8 Å². The Morgan fingerprint density at radius 1 is 0.829 bits per heavy atom. The number of thiophene rings is 1. The molecule has 0 spiro atoms. The van der Waals surface area contributed by atoms with Gasteiger partial charge in [-0.05, 0) is 93.3 Å². The molecule has 0 bridgehead atoms. The quantitative estimate of drug-likeness (QED) is 0.135. The van der Waals surface area contributed by atoms with E-state index >= 15 is 0 Å². The number of carbonyl (C=O) groups is 1. The van der Waals surface area contributed by atoms with Crippen LogP contribution in [-0.2, 0) is 16.0 Å². The van der Waals surface area contributed by atoms with E-state index in [2.05, 4.69) is 51.8 Å². The Kier molecular flexibility index (Phi) is 9.26. The van der Waals surface area contributed by atoms with Crippen LogP contribution in [0.1, 0.15) is 35.9 Å². The Labute approximate surface area is 245 Å². The number of ether oxygens (including phenoxy) is 1. The molecule has 1 aliphatic rings. The van der Waals surface area contributed by atoms with E-state index in [1.165, 1.54) is 29.2 Å². The van der Waals surface area contributed by atoms with E-state index in [9.17, 15) is 4.79 Å². The van der Waals surface area contributed by atoms with Gasteiger partial charge in [-0.3, -0.25) is 4.79 Å². The fourth-order valence-electron chi connectivity index (χ4n) is 4.11. The van der Waals surface area contributed by atoms with Gasteiger partial charge < -0.3 is 9.64 Å². The summed E-state index contributed by atoms with van der Waals surface area (Å²) >= 11 is 2.87. The Bertz CT molecular complexity index is 1600. The van der Waals surface area contributed by atoms with Crippen LogP contribution in [-0.4, -0.2) is 35.9 Å². The molecule has 41 heavy (non-hydrogen) atoms. The second-order valence-corrected chi connectivity index (χ2v) is 11.4. The smallest absolute Gasteiger partial charge is 0.312 e. The Morgan fingerprint density at radius 2 is 1.49 bits per heavy atom. The minimum absolute atomic E-state index is 0.0704. The van der Waals surface area contributed by atoms with Crippen LogP contribution in [0.25, 0.3) is 0 Å². The lowest BCUT2D eigenvalue weighted by Crippen LogP contribution is -2.15. The zero-order chi connectivity index (χ0) is 28.6. The lowest BCUT2D eigenvalue weighted by molar-refractivity contribution is -0.142. The van der Waals surface area contributed by atoms with Gasteiger partial charge in [0.15, 0.2) is 0 Å². The predicted molar refractivity (Wildman–Crippen MR) is 161 cm³/mol. The van der Waals surface area contributed by atoms with Gasteiger partial charge >= 0.3 is 5.97 Å². The first-order valence-corrected chi connectivity index (χ1v) is 14.9. The van der Waals surface area contributed by atoms with Crippen molar-refractivity contribution in [1.82, 2.24) is 10.2 Å². The summed E-state index contributed by atoms with van der Waals surface area (Å²) in [7, 11) is 0. The maximum atomic E-state index is 11.6. The molecule has 11 nitrogen and oxygen atoms in total. The fourth-order valence-corrected chi connectivity index (χ4v) is 5.64. The number of carbonyl (C=O) groups excluding carboxylic acids is 1. The van der Waals surface area contributed by atoms with Crippen molar-refractivity contribution < 1.29 is 9.53 Å². The molecule has 2 aromatic heterocycles. The van der Waals surface area contributed by atoms with Crippen molar-refractivity contribution in [3.63, 3.8) is 0 Å². The molecule has 1 aliphatic heterocycles. The molecule has 0 unspecified atom stereocenters. The minimum Gasteiger partial charge on any atom is -0.466 e. The van der Waals surface area contributed by atoms with Gasteiger partial charge in [0.25, 0.3) is 5.13 Å². The monoisotopic (exact) mass is 587 g/mol. The first-order chi connectivity index (χ1) is 20.0. The molecule has 0 atom stereocenters. The lowest BCUT2D eigenvalue weighted by Gasteiger charge is -2.13. The maximum absolute atomic E-state index is 11.6. The molecule has 5 rings (SSSR count). The van der Waals surface area contributed by atoms with Gasteiger partial charge in [0.2, 0.25) is 0 Å². The third-order valence-corrected chi connectivity index (χ3v) is 8.03. The van der Waals surface area contributed by atoms with Crippen molar-refractivity contribution in [2.45, 2.75) is 40.0 Å². The van der Waals surface area contributed by atoms with Crippen molar-refractivity contribution in [1.29, 1.82) is 0 Å². The average molecular weight is 588 g/mol. The van der Waals surface area contributed by atoms with E-state index in [1.54, 1.807) is 18.3 Å². The number of aryl methyl sites for hydroxylation is 2. The minimum atomic E-state index is -0.343. The molecule has 0 radical (unpaired) electrons. The summed E-state index contributed by atoms with van der Waals surface area (Å²) in [4.78, 5) is 14.0. The van der Waals surface area contributed by atoms with Gasteiger partial charge in [-0.1, -0.05) is 22.7 Å². The Morgan fingerprint density at radius 3 is 2.15 bits per heavy atom. The van der Waals surface area contributed by atoms with Crippen molar-refractivity contribution in [2.24, 2.45) is 30.7 Å². The van der Waals surface area contributed by atoms with Crippen molar-refractivity contribution in [3.05, 3.63) is 64.7 Å². The highest BCUT2D eigenvalue weighted by molar-refractivity contribution is 7.19. The molecule has 2 aromatic carbocycles.